The van der Waals surface area contributed by atoms with Gasteiger partial charge in [0.1, 0.15) is 12.4 Å². The maximum absolute atomic E-state index is 2.39. The van der Waals surface area contributed by atoms with E-state index in [1.165, 1.54) is 61.5 Å². The summed E-state index contributed by atoms with van der Waals surface area (Å²) in [6, 6.07) is 18.1. The summed E-state index contributed by atoms with van der Waals surface area (Å²) in [4.78, 5) is 2.26. The van der Waals surface area contributed by atoms with Crippen LogP contribution in [0.25, 0.3) is 22.5 Å². The normalized spacial score (nSPS) is 11.5. The number of nitrogens with zero attached hydrogens (tertiary/aromatic N) is 3. The maximum Gasteiger partial charge on any atom is 0.437 e. The van der Waals surface area contributed by atoms with Gasteiger partial charge in [-0.15, -0.1) is 0 Å². The zero-order valence-electron chi connectivity index (χ0n) is 24.3. The van der Waals surface area contributed by atoms with Crippen LogP contribution in [0.15, 0.2) is 60.9 Å². The molecule has 0 unspecified atom stereocenters. The first-order chi connectivity index (χ1) is 17.5. The average Bonchev–Trinajstić information content (AvgIpc) is 3.19. The van der Waals surface area contributed by atoms with E-state index in [0.717, 1.165) is 0 Å². The fraction of sp³-hybridized carbons (Fsp3) is 0.364. The molecule has 191 valence electrons. The van der Waals surface area contributed by atoms with E-state index in [0.29, 0.717) is 11.8 Å². The van der Waals surface area contributed by atoms with E-state index in [9.17, 15) is 0 Å². The van der Waals surface area contributed by atoms with Gasteiger partial charge in [0.05, 0.1) is 18.3 Å². The molecule has 0 aliphatic rings. The molecule has 1 aromatic heterocycles. The molecule has 4 heteroatoms. The molecule has 4 aromatic rings. The summed E-state index contributed by atoms with van der Waals surface area (Å²) in [6.45, 7) is 15.8. The van der Waals surface area contributed by atoms with Gasteiger partial charge in [0.2, 0.25) is 0 Å². The number of anilines is 1. The molecule has 0 N–H and O–H groups in total. The van der Waals surface area contributed by atoms with Crippen molar-refractivity contribution < 1.29 is 4.48 Å². The molecule has 0 spiro atoms. The van der Waals surface area contributed by atoms with E-state index >= 15 is 0 Å². The summed E-state index contributed by atoms with van der Waals surface area (Å²) in [5, 5.41) is 0. The largest absolute Gasteiger partial charge is 0.437 e. The van der Waals surface area contributed by atoms with Crippen LogP contribution in [-0.4, -0.2) is 26.1 Å². The van der Waals surface area contributed by atoms with Crippen molar-refractivity contribution in [2.24, 2.45) is 7.05 Å². The second-order valence-corrected chi connectivity index (χ2v) is 11.3. The topological polar surface area (TPSA) is 12.0 Å². The van der Waals surface area contributed by atoms with Crippen molar-refractivity contribution in [2.75, 3.05) is 19.0 Å². The van der Waals surface area contributed by atoms with Crippen molar-refractivity contribution in [3.63, 3.8) is 0 Å². The Labute approximate surface area is 225 Å². The smallest absolute Gasteiger partial charge is 0.377 e. The summed E-state index contributed by atoms with van der Waals surface area (Å²) in [6.07, 6.45) is 4.32. The van der Waals surface area contributed by atoms with Crippen LogP contribution >= 0.6 is 0 Å². The molecule has 0 aliphatic carbocycles. The second-order valence-electron chi connectivity index (χ2n) is 11.3. The Morgan fingerprint density at radius 3 is 1.89 bits per heavy atom. The lowest BCUT2D eigenvalue weighted by molar-refractivity contribution is -0.513. The zero-order chi connectivity index (χ0) is 27.0. The number of hydrogen-bond donors (Lipinski definition) is 0. The molecule has 1 heterocycles. The van der Waals surface area contributed by atoms with Crippen LogP contribution in [0.2, 0.25) is 0 Å². The third-order valence-corrected chi connectivity index (χ3v) is 7.52. The Hall–Kier alpha value is -3.27. The first-order valence-electron chi connectivity index (χ1n) is 13.4. The minimum absolute atomic E-state index is 0.457. The molecule has 4 rings (SSSR count). The highest BCUT2D eigenvalue weighted by atomic mass is 15.1. The number of imidazole rings is 1. The zero-order valence-corrected chi connectivity index (χ0v) is 24.3. The van der Waals surface area contributed by atoms with Gasteiger partial charge in [0, 0.05) is 14.1 Å². The fourth-order valence-electron chi connectivity index (χ4n) is 5.52. The predicted molar refractivity (Wildman–Crippen MR) is 160 cm³/mol. The van der Waals surface area contributed by atoms with E-state index < -0.39 is 0 Å². The number of rotatable bonds is 7. The monoisotopic (exact) mass is 491 g/mol. The molecule has 1 radical (unpaired) electrons. The van der Waals surface area contributed by atoms with Crippen molar-refractivity contribution >= 4 is 18.6 Å². The molecule has 0 atom stereocenters. The molecule has 0 fully saturated rings. The summed E-state index contributed by atoms with van der Waals surface area (Å²) in [5.41, 5.74) is 13.1. The van der Waals surface area contributed by atoms with Gasteiger partial charge in [-0.2, -0.15) is 0 Å². The van der Waals surface area contributed by atoms with Gasteiger partial charge in [0.25, 0.3) is 5.82 Å². The minimum Gasteiger partial charge on any atom is -0.377 e. The molecule has 0 aliphatic heterocycles. The number of aromatic nitrogens is 2. The Morgan fingerprint density at radius 1 is 0.784 bits per heavy atom. The average molecular weight is 492 g/mol. The lowest BCUT2D eigenvalue weighted by Gasteiger charge is -2.24. The first-order valence-corrected chi connectivity index (χ1v) is 13.4. The van der Waals surface area contributed by atoms with E-state index in [1.807, 2.05) is 0 Å². The molecule has 0 bridgehead atoms. The van der Waals surface area contributed by atoms with Gasteiger partial charge in [-0.3, -0.25) is 4.48 Å². The standard InChI is InChI=1S/C33H42BN3/c1-21(2)27-15-12-16-28(22(3)4)31(27)26-19-25(7)30(29(20-26)35(8)9)33-36(10)17-18-37(33)34-32-23(5)13-11-14-24(32)6/h11-22H,1-10H3/q+1. The van der Waals surface area contributed by atoms with E-state index in [2.05, 4.69) is 152 Å². The SMILES string of the molecule is Cc1cccc(C)c1[B][n+]1ccn(C)c1-c1c(C)cc(-c2c(C(C)C)cccc2C(C)C)cc1N(C)C. The molecule has 3 nitrogen and oxygen atoms in total. The summed E-state index contributed by atoms with van der Waals surface area (Å²) in [5.74, 6) is 2.09. The Bertz CT molecular complexity index is 1380. The van der Waals surface area contributed by atoms with Crippen molar-refractivity contribution in [3.05, 3.63) is 88.7 Å². The van der Waals surface area contributed by atoms with Gasteiger partial charge in [-0.25, -0.2) is 4.57 Å². The van der Waals surface area contributed by atoms with Crippen molar-refractivity contribution in [2.45, 2.75) is 60.3 Å². The van der Waals surface area contributed by atoms with E-state index in [1.54, 1.807) is 0 Å². The summed E-state index contributed by atoms with van der Waals surface area (Å²) >= 11 is 0. The first kappa shape index (κ1) is 26.8. The molecule has 0 amide bonds. The highest BCUT2D eigenvalue weighted by Crippen LogP contribution is 2.41. The van der Waals surface area contributed by atoms with Crippen molar-refractivity contribution in [1.29, 1.82) is 0 Å². The third kappa shape index (κ3) is 5.12. The molecule has 37 heavy (non-hydrogen) atoms. The van der Waals surface area contributed by atoms with Crippen LogP contribution in [0.3, 0.4) is 0 Å². The molecule has 0 saturated carbocycles. The quantitative estimate of drug-likeness (QED) is 0.263. The fourth-order valence-corrected chi connectivity index (χ4v) is 5.52. The third-order valence-electron chi connectivity index (χ3n) is 7.52. The summed E-state index contributed by atoms with van der Waals surface area (Å²) in [7, 11) is 8.73. The van der Waals surface area contributed by atoms with Gasteiger partial charge >= 0.3 is 7.41 Å². The Kier molecular flexibility index (Phi) is 7.68. The highest BCUT2D eigenvalue weighted by Gasteiger charge is 2.27. The highest BCUT2D eigenvalue weighted by molar-refractivity contribution is 6.46. The van der Waals surface area contributed by atoms with Crippen LogP contribution in [-0.2, 0) is 7.05 Å². The van der Waals surface area contributed by atoms with Crippen molar-refractivity contribution in [3.8, 4) is 22.5 Å². The summed E-state index contributed by atoms with van der Waals surface area (Å²) < 4.78 is 4.52. The predicted octanol–water partition coefficient (Wildman–Crippen LogP) is 6.68. The molecular weight excluding hydrogens is 449 g/mol. The van der Waals surface area contributed by atoms with Gasteiger partial charge in [-0.1, -0.05) is 81.3 Å². The van der Waals surface area contributed by atoms with Crippen LogP contribution in [0.1, 0.15) is 67.3 Å². The van der Waals surface area contributed by atoms with Crippen LogP contribution in [0.4, 0.5) is 5.69 Å². The van der Waals surface area contributed by atoms with Crippen molar-refractivity contribution in [1.82, 2.24) is 4.57 Å². The van der Waals surface area contributed by atoms with E-state index in [4.69, 9.17) is 0 Å². The number of benzene rings is 3. The maximum atomic E-state index is 2.39. The molecule has 0 saturated heterocycles. The van der Waals surface area contributed by atoms with Crippen LogP contribution in [0.5, 0.6) is 0 Å². The Morgan fingerprint density at radius 2 is 1.35 bits per heavy atom. The van der Waals surface area contributed by atoms with Crippen LogP contribution < -0.4 is 14.8 Å². The van der Waals surface area contributed by atoms with Gasteiger partial charge in [0.15, 0.2) is 0 Å². The Balaban J connectivity index is 1.95. The lowest BCUT2D eigenvalue weighted by atomic mass is 9.76. The van der Waals surface area contributed by atoms with Gasteiger partial charge < -0.3 is 4.90 Å². The van der Waals surface area contributed by atoms with E-state index in [-0.39, 0.29) is 0 Å². The minimum atomic E-state index is 0.457. The molecule has 3 aromatic carbocycles. The lowest BCUT2D eigenvalue weighted by Crippen LogP contribution is -2.49. The molecular formula is C33H42BN3+. The number of aryl methyl sites for hydroxylation is 4. The van der Waals surface area contributed by atoms with Gasteiger partial charge in [-0.05, 0) is 72.0 Å². The number of hydrogen-bond acceptors (Lipinski definition) is 1. The van der Waals surface area contributed by atoms with Crippen LogP contribution in [0, 0.1) is 20.8 Å². The second kappa shape index (κ2) is 10.6.